The highest BCUT2D eigenvalue weighted by molar-refractivity contribution is 5.86. The molecule has 66 valence electrons. The Kier molecular flexibility index (Phi) is 2.44. The van der Waals surface area contributed by atoms with E-state index in [1.165, 1.54) is 0 Å². The molecule has 5 nitrogen and oxygen atoms in total. The van der Waals surface area contributed by atoms with Crippen molar-refractivity contribution in [2.75, 3.05) is 7.05 Å². The third-order valence-corrected chi connectivity index (χ3v) is 1.62. The summed E-state index contributed by atoms with van der Waals surface area (Å²) in [6, 6.07) is -0.140. The van der Waals surface area contributed by atoms with Crippen LogP contribution in [0.15, 0.2) is 10.8 Å². The standard InChI is InChI=1S/C7H10N2O3/c1-4(8-2)6-5(7(10)11)9-3-12-6/h3-4,8H,1-2H3,(H,10,11). The molecule has 1 aromatic heterocycles. The van der Waals surface area contributed by atoms with Crippen molar-refractivity contribution in [2.24, 2.45) is 0 Å². The summed E-state index contributed by atoms with van der Waals surface area (Å²) < 4.78 is 4.92. The van der Waals surface area contributed by atoms with E-state index < -0.39 is 5.97 Å². The summed E-state index contributed by atoms with van der Waals surface area (Å²) in [5.41, 5.74) is -0.0307. The van der Waals surface area contributed by atoms with Crippen LogP contribution in [0.25, 0.3) is 0 Å². The van der Waals surface area contributed by atoms with Crippen LogP contribution in [0.1, 0.15) is 29.2 Å². The van der Waals surface area contributed by atoms with Gasteiger partial charge in [-0.05, 0) is 14.0 Å². The number of nitrogens with zero attached hydrogens (tertiary/aromatic N) is 1. The number of nitrogens with one attached hydrogen (secondary N) is 1. The summed E-state index contributed by atoms with van der Waals surface area (Å²) >= 11 is 0. The van der Waals surface area contributed by atoms with E-state index in [1.54, 1.807) is 14.0 Å². The van der Waals surface area contributed by atoms with Crippen LogP contribution in [0.4, 0.5) is 0 Å². The van der Waals surface area contributed by atoms with Crippen molar-refractivity contribution in [3.63, 3.8) is 0 Å². The second-order valence-corrected chi connectivity index (χ2v) is 2.38. The van der Waals surface area contributed by atoms with Crippen molar-refractivity contribution < 1.29 is 14.3 Å². The van der Waals surface area contributed by atoms with Crippen molar-refractivity contribution in [1.82, 2.24) is 10.3 Å². The molecule has 0 saturated heterocycles. The van der Waals surface area contributed by atoms with Gasteiger partial charge in [-0.1, -0.05) is 0 Å². The largest absolute Gasteiger partial charge is 0.476 e. The zero-order chi connectivity index (χ0) is 9.14. The maximum atomic E-state index is 10.6. The smallest absolute Gasteiger partial charge is 0.358 e. The predicted octanol–water partition coefficient (Wildman–Crippen LogP) is 0.653. The molecule has 0 aliphatic rings. The first-order chi connectivity index (χ1) is 5.66. The zero-order valence-electron chi connectivity index (χ0n) is 6.87. The third-order valence-electron chi connectivity index (χ3n) is 1.62. The topological polar surface area (TPSA) is 75.4 Å². The average molecular weight is 170 g/mol. The first kappa shape index (κ1) is 8.73. The molecule has 0 spiro atoms. The summed E-state index contributed by atoms with van der Waals surface area (Å²) in [4.78, 5) is 14.1. The Morgan fingerprint density at radius 1 is 1.83 bits per heavy atom. The fraction of sp³-hybridized carbons (Fsp3) is 0.429. The van der Waals surface area contributed by atoms with Gasteiger partial charge in [0.1, 0.15) is 0 Å². The van der Waals surface area contributed by atoms with E-state index in [0.717, 1.165) is 6.39 Å². The Bertz CT molecular complexity index is 282. The van der Waals surface area contributed by atoms with Crippen LogP contribution >= 0.6 is 0 Å². The van der Waals surface area contributed by atoms with Gasteiger partial charge in [-0.3, -0.25) is 0 Å². The van der Waals surface area contributed by atoms with Crippen LogP contribution in [0.5, 0.6) is 0 Å². The number of aromatic nitrogens is 1. The summed E-state index contributed by atoms with van der Waals surface area (Å²) in [6.45, 7) is 1.80. The minimum atomic E-state index is -1.07. The monoisotopic (exact) mass is 170 g/mol. The quantitative estimate of drug-likeness (QED) is 0.696. The normalized spacial score (nSPS) is 12.8. The molecular formula is C7H10N2O3. The molecule has 0 bridgehead atoms. The van der Waals surface area contributed by atoms with Crippen LogP contribution in [0.3, 0.4) is 0 Å². The first-order valence-corrected chi connectivity index (χ1v) is 3.50. The highest BCUT2D eigenvalue weighted by Gasteiger charge is 2.19. The van der Waals surface area contributed by atoms with E-state index in [0.29, 0.717) is 5.76 Å². The Morgan fingerprint density at radius 2 is 2.50 bits per heavy atom. The van der Waals surface area contributed by atoms with Gasteiger partial charge in [0, 0.05) is 0 Å². The number of carboxylic acid groups (broad SMARTS) is 1. The fourth-order valence-electron chi connectivity index (χ4n) is 0.854. The Morgan fingerprint density at radius 3 is 3.00 bits per heavy atom. The minimum absolute atomic E-state index is 0.0307. The first-order valence-electron chi connectivity index (χ1n) is 3.50. The summed E-state index contributed by atoms with van der Waals surface area (Å²) in [7, 11) is 1.72. The van der Waals surface area contributed by atoms with Crippen molar-refractivity contribution in [2.45, 2.75) is 13.0 Å². The average Bonchev–Trinajstić information content (AvgIpc) is 2.50. The van der Waals surface area contributed by atoms with Crippen LogP contribution < -0.4 is 5.32 Å². The van der Waals surface area contributed by atoms with Gasteiger partial charge < -0.3 is 14.8 Å². The van der Waals surface area contributed by atoms with Crippen molar-refractivity contribution in [1.29, 1.82) is 0 Å². The zero-order valence-corrected chi connectivity index (χ0v) is 6.87. The molecule has 5 heteroatoms. The van der Waals surface area contributed by atoms with Crippen LogP contribution in [-0.4, -0.2) is 23.1 Å². The van der Waals surface area contributed by atoms with Crippen LogP contribution in [0, 0.1) is 0 Å². The molecule has 0 saturated carbocycles. The predicted molar refractivity (Wildman–Crippen MR) is 40.9 cm³/mol. The van der Waals surface area contributed by atoms with Crippen LogP contribution in [0.2, 0.25) is 0 Å². The van der Waals surface area contributed by atoms with E-state index in [-0.39, 0.29) is 11.7 Å². The molecule has 1 rings (SSSR count). The Labute approximate surface area is 69.4 Å². The van der Waals surface area contributed by atoms with Gasteiger partial charge in [-0.25, -0.2) is 9.78 Å². The number of oxazole rings is 1. The maximum Gasteiger partial charge on any atom is 0.358 e. The number of rotatable bonds is 3. The summed E-state index contributed by atoms with van der Waals surface area (Å²) in [5, 5.41) is 11.5. The lowest BCUT2D eigenvalue weighted by atomic mass is 10.2. The van der Waals surface area contributed by atoms with Crippen molar-refractivity contribution in [3.8, 4) is 0 Å². The molecule has 0 fully saturated rings. The maximum absolute atomic E-state index is 10.6. The second kappa shape index (κ2) is 3.36. The Hall–Kier alpha value is -1.36. The van der Waals surface area contributed by atoms with Crippen molar-refractivity contribution in [3.05, 3.63) is 17.8 Å². The SMILES string of the molecule is CNC(C)c1ocnc1C(=O)O. The molecule has 1 atom stereocenters. The summed E-state index contributed by atoms with van der Waals surface area (Å²) in [5.74, 6) is -0.717. The van der Waals surface area contributed by atoms with E-state index >= 15 is 0 Å². The second-order valence-electron chi connectivity index (χ2n) is 2.38. The summed E-state index contributed by atoms with van der Waals surface area (Å²) in [6.07, 6.45) is 1.13. The third kappa shape index (κ3) is 1.45. The van der Waals surface area contributed by atoms with E-state index in [9.17, 15) is 4.79 Å². The molecule has 1 unspecified atom stereocenters. The fourth-order valence-corrected chi connectivity index (χ4v) is 0.854. The molecular weight excluding hydrogens is 160 g/mol. The molecule has 0 aliphatic carbocycles. The van der Waals surface area contributed by atoms with Gasteiger partial charge in [0.25, 0.3) is 0 Å². The van der Waals surface area contributed by atoms with E-state index in [1.807, 2.05) is 0 Å². The van der Waals surface area contributed by atoms with E-state index in [2.05, 4.69) is 10.3 Å². The van der Waals surface area contributed by atoms with Crippen LogP contribution in [-0.2, 0) is 0 Å². The lowest BCUT2D eigenvalue weighted by Gasteiger charge is -2.05. The molecule has 1 heterocycles. The van der Waals surface area contributed by atoms with E-state index in [4.69, 9.17) is 9.52 Å². The molecule has 0 aromatic carbocycles. The molecule has 0 radical (unpaired) electrons. The number of hydrogen-bond acceptors (Lipinski definition) is 4. The highest BCUT2D eigenvalue weighted by Crippen LogP contribution is 2.15. The number of carboxylic acids is 1. The number of carbonyl (C=O) groups is 1. The Balaban J connectivity index is 2.98. The molecule has 0 aliphatic heterocycles. The lowest BCUT2D eigenvalue weighted by Crippen LogP contribution is -2.15. The highest BCUT2D eigenvalue weighted by atomic mass is 16.4. The van der Waals surface area contributed by atoms with Gasteiger partial charge in [0.2, 0.25) is 0 Å². The number of aromatic carboxylic acids is 1. The number of hydrogen-bond donors (Lipinski definition) is 2. The van der Waals surface area contributed by atoms with Gasteiger partial charge >= 0.3 is 5.97 Å². The molecule has 0 amide bonds. The minimum Gasteiger partial charge on any atom is -0.476 e. The van der Waals surface area contributed by atoms with Gasteiger partial charge in [-0.15, -0.1) is 0 Å². The van der Waals surface area contributed by atoms with Gasteiger partial charge in [-0.2, -0.15) is 0 Å². The van der Waals surface area contributed by atoms with Gasteiger partial charge in [0.15, 0.2) is 17.8 Å². The lowest BCUT2D eigenvalue weighted by molar-refractivity contribution is 0.0688. The van der Waals surface area contributed by atoms with Crippen molar-refractivity contribution >= 4 is 5.97 Å². The molecule has 2 N–H and O–H groups in total. The molecule has 12 heavy (non-hydrogen) atoms. The van der Waals surface area contributed by atoms with Gasteiger partial charge in [0.05, 0.1) is 6.04 Å². The molecule has 1 aromatic rings.